The second-order valence-corrected chi connectivity index (χ2v) is 25.8. The molecule has 16 rings (SSSR count). The minimum Gasteiger partial charge on any atom is -0.314 e. The standard InChI is InChI=1S/C88H64N4S2/c1-5-19-73(20-6-1)89(74-21-7-2-8-22-74)77-45-29-63(30-46-77)65-33-49-79(50-34-65)91(83-57-41-69(42-58-83)87-61-71-17-13-15-27-85(71)93-87)81-53-37-67(38-54-81)68-39-55-82(56-40-68)92(84-59-43-70(44-60-84)88-62-72-18-14-16-28-86(72)94-88)80-51-35-66(36-52-80)64-31-47-78(48-32-64)90(75-23-9-3-10-24-75)76-25-11-4-12-26-76/h1-11,13-25,27-62H,12,26H2. The highest BCUT2D eigenvalue weighted by molar-refractivity contribution is 7.22. The summed E-state index contributed by atoms with van der Waals surface area (Å²) in [6.07, 6.45) is 8.71. The van der Waals surface area contributed by atoms with Crippen LogP contribution in [0.3, 0.4) is 0 Å². The summed E-state index contributed by atoms with van der Waals surface area (Å²) in [6, 6.07) is 126. The molecule has 0 unspecified atom stereocenters. The van der Waals surface area contributed by atoms with Crippen LogP contribution in [0.2, 0.25) is 0 Å². The molecule has 2 aromatic heterocycles. The highest BCUT2D eigenvalue weighted by Gasteiger charge is 2.20. The number of thiophene rings is 2. The molecule has 13 aromatic carbocycles. The Morgan fingerprint density at radius 3 is 0.745 bits per heavy atom. The van der Waals surface area contributed by atoms with Crippen molar-refractivity contribution in [2.24, 2.45) is 0 Å². The second-order valence-electron chi connectivity index (χ2n) is 23.6. The van der Waals surface area contributed by atoms with Gasteiger partial charge in [-0.1, -0.05) is 200 Å². The minimum atomic E-state index is 1.00. The molecule has 0 saturated heterocycles. The molecule has 0 amide bonds. The van der Waals surface area contributed by atoms with Gasteiger partial charge in [0.05, 0.1) is 0 Å². The molecule has 448 valence electrons. The van der Waals surface area contributed by atoms with E-state index in [9.17, 15) is 0 Å². The van der Waals surface area contributed by atoms with Crippen LogP contribution in [0, 0.1) is 0 Å². The Labute approximate surface area is 558 Å². The molecule has 0 fully saturated rings. The highest BCUT2D eigenvalue weighted by atomic mass is 32.1. The summed E-state index contributed by atoms with van der Waals surface area (Å²) >= 11 is 3.68. The summed E-state index contributed by atoms with van der Waals surface area (Å²) in [5.74, 6) is 0. The quantitative estimate of drug-likeness (QED) is 0.0901. The number of rotatable bonds is 17. The number of hydrogen-bond acceptors (Lipinski definition) is 6. The summed E-state index contributed by atoms with van der Waals surface area (Å²) in [7, 11) is 0. The first-order chi connectivity index (χ1) is 46.6. The van der Waals surface area contributed by atoms with Crippen LogP contribution in [0.25, 0.3) is 74.4 Å². The van der Waals surface area contributed by atoms with Gasteiger partial charge in [-0.05, 0) is 232 Å². The number of hydrogen-bond donors (Lipinski definition) is 0. The van der Waals surface area contributed by atoms with Crippen LogP contribution < -0.4 is 19.6 Å². The molecular formula is C88H64N4S2. The van der Waals surface area contributed by atoms with Crippen molar-refractivity contribution < 1.29 is 0 Å². The van der Waals surface area contributed by atoms with E-state index in [1.165, 1.54) is 58.0 Å². The number of fused-ring (bicyclic) bond motifs is 2. The zero-order valence-corrected chi connectivity index (χ0v) is 53.3. The molecule has 0 atom stereocenters. The van der Waals surface area contributed by atoms with Crippen molar-refractivity contribution in [2.45, 2.75) is 12.8 Å². The van der Waals surface area contributed by atoms with Crippen LogP contribution in [0.15, 0.2) is 370 Å². The molecule has 0 radical (unpaired) electrons. The molecule has 0 spiro atoms. The summed E-state index contributed by atoms with van der Waals surface area (Å²) in [6.45, 7) is 0. The zero-order valence-electron chi connectivity index (χ0n) is 51.7. The molecule has 1 aliphatic carbocycles. The molecule has 2 heterocycles. The van der Waals surface area contributed by atoms with Gasteiger partial charge in [-0.2, -0.15) is 0 Å². The summed E-state index contributed by atoms with van der Waals surface area (Å²) in [5, 5.41) is 2.55. The van der Waals surface area contributed by atoms with E-state index in [0.717, 1.165) is 97.5 Å². The molecule has 1 aliphatic rings. The SMILES string of the molecule is C1=CCCC(N(c2ccccc2)c2ccc(-c3ccc(N(c4ccc(-c5ccc(N(c6ccc(-c7ccc(N(c8ccccc8)c8ccccc8)cc7)cc6)c6ccc(-c7cc8ccccc8s7)cc6)cc5)cc4)c4ccc(-c5cc6ccccc6s5)cc4)cc3)cc2)=C1. The van der Waals surface area contributed by atoms with Gasteiger partial charge in [-0.3, -0.25) is 0 Å². The van der Waals surface area contributed by atoms with Gasteiger partial charge in [0, 0.05) is 87.4 Å². The Bertz CT molecular complexity index is 5020. The van der Waals surface area contributed by atoms with Crippen molar-refractivity contribution in [3.63, 3.8) is 0 Å². The third kappa shape index (κ3) is 11.9. The third-order valence-electron chi connectivity index (χ3n) is 17.7. The molecule has 0 bridgehead atoms. The van der Waals surface area contributed by atoms with E-state index in [-0.39, 0.29) is 0 Å². The molecule has 4 nitrogen and oxygen atoms in total. The predicted molar refractivity (Wildman–Crippen MR) is 403 cm³/mol. The van der Waals surface area contributed by atoms with Crippen LogP contribution in [0.4, 0.5) is 62.6 Å². The number of benzene rings is 13. The van der Waals surface area contributed by atoms with Gasteiger partial charge in [-0.15, -0.1) is 22.7 Å². The van der Waals surface area contributed by atoms with Gasteiger partial charge in [0.25, 0.3) is 0 Å². The van der Waals surface area contributed by atoms with Crippen LogP contribution in [0.5, 0.6) is 0 Å². The fourth-order valence-corrected chi connectivity index (χ4v) is 15.1. The van der Waals surface area contributed by atoms with Crippen molar-refractivity contribution in [1.82, 2.24) is 0 Å². The van der Waals surface area contributed by atoms with Gasteiger partial charge in [0.2, 0.25) is 0 Å². The molecule has 0 aliphatic heterocycles. The van der Waals surface area contributed by atoms with E-state index >= 15 is 0 Å². The average molecular weight is 1240 g/mol. The second kappa shape index (κ2) is 26.0. The van der Waals surface area contributed by atoms with Crippen LogP contribution >= 0.6 is 22.7 Å². The van der Waals surface area contributed by atoms with Crippen LogP contribution in [-0.2, 0) is 0 Å². The minimum absolute atomic E-state index is 1.00. The maximum absolute atomic E-state index is 2.39. The Morgan fingerprint density at radius 1 is 0.223 bits per heavy atom. The topological polar surface area (TPSA) is 13.0 Å². The van der Waals surface area contributed by atoms with E-state index < -0.39 is 0 Å². The fraction of sp³-hybridized carbons (Fsp3) is 0.0227. The third-order valence-corrected chi connectivity index (χ3v) is 20.1. The van der Waals surface area contributed by atoms with Gasteiger partial charge in [-0.25, -0.2) is 0 Å². The Morgan fingerprint density at radius 2 is 0.468 bits per heavy atom. The van der Waals surface area contributed by atoms with Crippen molar-refractivity contribution >= 4 is 105 Å². The van der Waals surface area contributed by atoms with Crippen molar-refractivity contribution in [3.8, 4) is 54.3 Å². The number of nitrogens with zero attached hydrogens (tertiary/aromatic N) is 4. The first-order valence-electron chi connectivity index (χ1n) is 32.1. The monoisotopic (exact) mass is 1240 g/mol. The normalized spacial score (nSPS) is 12.0. The maximum atomic E-state index is 2.39. The summed E-state index contributed by atoms with van der Waals surface area (Å²) in [5.41, 5.74) is 22.8. The van der Waals surface area contributed by atoms with Gasteiger partial charge < -0.3 is 19.6 Å². The van der Waals surface area contributed by atoms with E-state index in [0.29, 0.717) is 0 Å². The lowest BCUT2D eigenvalue weighted by molar-refractivity contribution is 0.918. The molecule has 6 heteroatoms. The van der Waals surface area contributed by atoms with Gasteiger partial charge in [0.1, 0.15) is 0 Å². The Balaban J connectivity index is 0.696. The molecule has 94 heavy (non-hydrogen) atoms. The summed E-state index contributed by atoms with van der Waals surface area (Å²) < 4.78 is 2.59. The fourth-order valence-electron chi connectivity index (χ4n) is 12.9. The largest absolute Gasteiger partial charge is 0.314 e. The van der Waals surface area contributed by atoms with E-state index in [1.807, 2.05) is 22.7 Å². The number of para-hydroxylation sites is 3. The van der Waals surface area contributed by atoms with Crippen LogP contribution in [-0.4, -0.2) is 0 Å². The maximum Gasteiger partial charge on any atom is 0.0462 e. The molecule has 0 N–H and O–H groups in total. The van der Waals surface area contributed by atoms with Crippen molar-refractivity contribution in [2.75, 3.05) is 19.6 Å². The number of allylic oxidation sites excluding steroid dienone is 4. The lowest BCUT2D eigenvalue weighted by Crippen LogP contribution is -2.17. The van der Waals surface area contributed by atoms with Crippen molar-refractivity contribution in [1.29, 1.82) is 0 Å². The predicted octanol–water partition coefficient (Wildman–Crippen LogP) is 26.2. The Kier molecular flexibility index (Phi) is 15.9. The molecular weight excluding hydrogens is 1180 g/mol. The molecule has 15 aromatic rings. The van der Waals surface area contributed by atoms with E-state index in [2.05, 4.69) is 384 Å². The summed E-state index contributed by atoms with van der Waals surface area (Å²) in [4.78, 5) is 11.9. The Hall–Kier alpha value is -11.5. The number of anilines is 11. The first kappa shape index (κ1) is 57.6. The highest BCUT2D eigenvalue weighted by Crippen LogP contribution is 2.44. The average Bonchev–Trinajstić information content (AvgIpc) is 1.24. The lowest BCUT2D eigenvalue weighted by atomic mass is 10.0. The smallest absolute Gasteiger partial charge is 0.0462 e. The van der Waals surface area contributed by atoms with Gasteiger partial charge in [0.15, 0.2) is 0 Å². The van der Waals surface area contributed by atoms with Crippen LogP contribution in [0.1, 0.15) is 12.8 Å². The first-order valence-corrected chi connectivity index (χ1v) is 33.7. The molecule has 0 saturated carbocycles. The zero-order chi connectivity index (χ0) is 62.6. The van der Waals surface area contributed by atoms with Crippen molar-refractivity contribution in [3.05, 3.63) is 370 Å². The lowest BCUT2D eigenvalue weighted by Gasteiger charge is -2.29. The van der Waals surface area contributed by atoms with E-state index in [1.54, 1.807) is 0 Å². The van der Waals surface area contributed by atoms with Gasteiger partial charge >= 0.3 is 0 Å². The van der Waals surface area contributed by atoms with E-state index in [4.69, 9.17) is 0 Å².